The van der Waals surface area contributed by atoms with E-state index in [0.717, 1.165) is 17.5 Å². The Morgan fingerprint density at radius 2 is 1.96 bits per heavy atom. The normalized spacial score (nSPS) is 20.6. The summed E-state index contributed by atoms with van der Waals surface area (Å²) in [5.41, 5.74) is 1.88. The molecule has 0 aromatic heterocycles. The van der Waals surface area contributed by atoms with E-state index in [-0.39, 0.29) is 36.5 Å². The molecule has 2 atom stereocenters. The molecule has 5 nitrogen and oxygen atoms in total. The summed E-state index contributed by atoms with van der Waals surface area (Å²) in [6.45, 7) is 15.4. The minimum absolute atomic E-state index is 0.00709. The molecular weight excluding hydrogens is 358 g/mol. The zero-order valence-corrected chi connectivity index (χ0v) is 18.2. The lowest BCUT2D eigenvalue weighted by Gasteiger charge is -2.38. The first-order valence-corrected chi connectivity index (χ1v) is 12.4. The van der Waals surface area contributed by atoms with Crippen LogP contribution in [0.4, 0.5) is 4.79 Å². The highest BCUT2D eigenvalue weighted by molar-refractivity contribution is 6.74. The van der Waals surface area contributed by atoms with E-state index in [9.17, 15) is 9.90 Å². The number of aliphatic hydroxyl groups is 1. The molecule has 6 heteroatoms. The first-order chi connectivity index (χ1) is 12.6. The van der Waals surface area contributed by atoms with Gasteiger partial charge in [-0.15, -0.1) is 0 Å². The van der Waals surface area contributed by atoms with Crippen molar-refractivity contribution >= 4 is 14.4 Å². The summed E-state index contributed by atoms with van der Waals surface area (Å²) in [7, 11) is -1.93. The predicted octanol–water partition coefficient (Wildman–Crippen LogP) is 4.64. The number of nitrogens with zero attached hydrogens (tertiary/aromatic N) is 1. The van der Waals surface area contributed by atoms with Crippen LogP contribution in [0.15, 0.2) is 36.9 Å². The van der Waals surface area contributed by atoms with E-state index in [2.05, 4.69) is 40.4 Å². The Morgan fingerprint density at radius 1 is 1.33 bits per heavy atom. The molecule has 1 aliphatic heterocycles. The van der Waals surface area contributed by atoms with Crippen LogP contribution in [0.2, 0.25) is 18.1 Å². The Labute approximate surface area is 164 Å². The third-order valence-electron chi connectivity index (χ3n) is 5.64. The predicted molar refractivity (Wildman–Crippen MR) is 110 cm³/mol. The molecule has 27 heavy (non-hydrogen) atoms. The molecule has 1 aromatic rings. The summed E-state index contributed by atoms with van der Waals surface area (Å²) in [5.74, 6) is 0. The molecule has 2 rings (SSSR count). The summed E-state index contributed by atoms with van der Waals surface area (Å²) in [6.07, 6.45) is 1.97. The van der Waals surface area contributed by atoms with Crippen molar-refractivity contribution in [3.8, 4) is 0 Å². The standard InChI is InChI=1S/C21H33NO4Si/c1-7-12-25-20(24)22-14-18(26-27(5,6)21(2,3)4)13-19(22)17-10-8-16(15-23)9-11-17/h7-11,18-19,23H,1,12-15H2,2-6H3/t18-,19-/m1/s1. The second kappa shape index (κ2) is 8.58. The third kappa shape index (κ3) is 5.21. The van der Waals surface area contributed by atoms with Crippen molar-refractivity contribution < 1.29 is 19.1 Å². The number of hydrogen-bond donors (Lipinski definition) is 1. The zero-order valence-electron chi connectivity index (χ0n) is 17.2. The van der Waals surface area contributed by atoms with Crippen molar-refractivity contribution in [1.29, 1.82) is 0 Å². The maximum absolute atomic E-state index is 12.6. The smallest absolute Gasteiger partial charge is 0.410 e. The number of aliphatic hydroxyl groups excluding tert-OH is 1. The van der Waals surface area contributed by atoms with Crippen molar-refractivity contribution in [3.05, 3.63) is 48.0 Å². The van der Waals surface area contributed by atoms with Crippen LogP contribution in [0.5, 0.6) is 0 Å². The van der Waals surface area contributed by atoms with Crippen molar-refractivity contribution in [1.82, 2.24) is 4.90 Å². The van der Waals surface area contributed by atoms with E-state index in [0.29, 0.717) is 6.54 Å². The molecule has 150 valence electrons. The molecule has 1 aromatic carbocycles. The lowest BCUT2D eigenvalue weighted by molar-refractivity contribution is 0.103. The van der Waals surface area contributed by atoms with Gasteiger partial charge in [0, 0.05) is 6.54 Å². The SMILES string of the molecule is C=CCOC(=O)N1C[C@H](O[Si](C)(C)C(C)(C)C)C[C@@H]1c1ccc(CO)cc1. The van der Waals surface area contributed by atoms with Gasteiger partial charge in [-0.05, 0) is 35.7 Å². The highest BCUT2D eigenvalue weighted by atomic mass is 28.4. The van der Waals surface area contributed by atoms with Crippen LogP contribution in [-0.4, -0.2) is 43.7 Å². The van der Waals surface area contributed by atoms with Gasteiger partial charge in [-0.2, -0.15) is 0 Å². The Morgan fingerprint density at radius 3 is 2.48 bits per heavy atom. The Kier molecular flexibility index (Phi) is 6.89. The highest BCUT2D eigenvalue weighted by Gasteiger charge is 2.44. The van der Waals surface area contributed by atoms with Gasteiger partial charge in [-0.3, -0.25) is 4.90 Å². The van der Waals surface area contributed by atoms with Crippen LogP contribution >= 0.6 is 0 Å². The molecule has 0 saturated carbocycles. The molecule has 0 bridgehead atoms. The van der Waals surface area contributed by atoms with Crippen molar-refractivity contribution in [2.45, 2.75) is 64.1 Å². The molecule has 0 spiro atoms. The van der Waals surface area contributed by atoms with Gasteiger partial charge in [0.15, 0.2) is 8.32 Å². The fraction of sp³-hybridized carbons (Fsp3) is 0.571. The van der Waals surface area contributed by atoms with Crippen LogP contribution in [-0.2, 0) is 15.8 Å². The van der Waals surface area contributed by atoms with E-state index in [1.807, 2.05) is 24.3 Å². The summed E-state index contributed by atoms with van der Waals surface area (Å²) in [5, 5.41) is 9.38. The fourth-order valence-corrected chi connectivity index (χ4v) is 4.41. The molecule has 0 radical (unpaired) electrons. The quantitative estimate of drug-likeness (QED) is 0.567. The first-order valence-electron chi connectivity index (χ1n) is 9.51. The molecular formula is C21H33NO4Si. The van der Waals surface area contributed by atoms with Gasteiger partial charge < -0.3 is 14.3 Å². The van der Waals surface area contributed by atoms with E-state index in [4.69, 9.17) is 9.16 Å². The number of benzene rings is 1. The summed E-state index contributed by atoms with van der Waals surface area (Å²) in [6, 6.07) is 7.64. The van der Waals surface area contributed by atoms with Gasteiger partial charge in [-0.25, -0.2) is 4.79 Å². The largest absolute Gasteiger partial charge is 0.445 e. The molecule has 0 unspecified atom stereocenters. The topological polar surface area (TPSA) is 59.0 Å². The minimum atomic E-state index is -1.93. The average Bonchev–Trinajstić information content (AvgIpc) is 3.02. The summed E-state index contributed by atoms with van der Waals surface area (Å²) < 4.78 is 11.9. The molecule has 1 heterocycles. The van der Waals surface area contributed by atoms with Gasteiger partial charge >= 0.3 is 6.09 Å². The lowest BCUT2D eigenvalue weighted by atomic mass is 10.0. The van der Waals surface area contributed by atoms with Crippen molar-refractivity contribution in [2.24, 2.45) is 0 Å². The summed E-state index contributed by atoms with van der Waals surface area (Å²) in [4.78, 5) is 14.4. The molecule has 1 amide bonds. The van der Waals surface area contributed by atoms with Crippen LogP contribution in [0.1, 0.15) is 44.4 Å². The number of ether oxygens (including phenoxy) is 1. The third-order valence-corrected chi connectivity index (χ3v) is 10.2. The first kappa shape index (κ1) is 21.7. The van der Waals surface area contributed by atoms with E-state index in [1.54, 1.807) is 11.0 Å². The van der Waals surface area contributed by atoms with Gasteiger partial charge in [0.05, 0.1) is 18.8 Å². The van der Waals surface area contributed by atoms with Crippen molar-refractivity contribution in [3.63, 3.8) is 0 Å². The number of likely N-dealkylation sites (tertiary alicyclic amines) is 1. The second-order valence-corrected chi connectivity index (χ2v) is 13.4. The van der Waals surface area contributed by atoms with Gasteiger partial charge in [0.25, 0.3) is 0 Å². The van der Waals surface area contributed by atoms with Crippen LogP contribution in [0.3, 0.4) is 0 Å². The van der Waals surface area contributed by atoms with E-state index in [1.165, 1.54) is 0 Å². The van der Waals surface area contributed by atoms with E-state index >= 15 is 0 Å². The van der Waals surface area contributed by atoms with Crippen LogP contribution in [0.25, 0.3) is 0 Å². The maximum Gasteiger partial charge on any atom is 0.410 e. The number of amides is 1. The van der Waals surface area contributed by atoms with Gasteiger partial charge in [-0.1, -0.05) is 57.7 Å². The Hall–Kier alpha value is -1.63. The summed E-state index contributed by atoms with van der Waals surface area (Å²) >= 11 is 0. The van der Waals surface area contributed by atoms with Gasteiger partial charge in [0.2, 0.25) is 0 Å². The molecule has 1 saturated heterocycles. The fourth-order valence-electron chi connectivity index (χ4n) is 3.05. The van der Waals surface area contributed by atoms with Crippen LogP contribution in [0, 0.1) is 0 Å². The lowest BCUT2D eigenvalue weighted by Crippen LogP contribution is -2.44. The number of carbonyl (C=O) groups is 1. The van der Waals surface area contributed by atoms with Crippen molar-refractivity contribution in [2.75, 3.05) is 13.2 Å². The van der Waals surface area contributed by atoms with Crippen LogP contribution < -0.4 is 0 Å². The van der Waals surface area contributed by atoms with E-state index < -0.39 is 8.32 Å². The van der Waals surface area contributed by atoms with Gasteiger partial charge in [0.1, 0.15) is 6.61 Å². The number of hydrogen-bond acceptors (Lipinski definition) is 4. The molecule has 1 aliphatic rings. The Balaban J connectivity index is 2.22. The monoisotopic (exact) mass is 391 g/mol. The maximum atomic E-state index is 12.6. The molecule has 1 N–H and O–H groups in total. The zero-order chi connectivity index (χ0) is 20.2. The molecule has 1 fully saturated rings. The molecule has 0 aliphatic carbocycles. The average molecular weight is 392 g/mol. The second-order valence-electron chi connectivity index (χ2n) is 8.67. The number of carbonyl (C=O) groups excluding carboxylic acids is 1. The minimum Gasteiger partial charge on any atom is -0.445 e. The number of rotatable bonds is 6. The Bertz CT molecular complexity index is 651. The highest BCUT2D eigenvalue weighted by Crippen LogP contribution is 2.41.